The molecule has 0 bridgehead atoms. The summed E-state index contributed by atoms with van der Waals surface area (Å²) < 4.78 is 32.5. The van der Waals surface area contributed by atoms with Crippen LogP contribution in [0.3, 0.4) is 0 Å². The molecule has 8 heteroatoms. The molecule has 1 aliphatic carbocycles. The summed E-state index contributed by atoms with van der Waals surface area (Å²) in [5.41, 5.74) is 0.726. The number of ketones is 2. The quantitative estimate of drug-likeness (QED) is 0.369. The SMILES string of the molecule is COc1ccc(CC2(Cc3ccc(OC)c(OC)c3)C(=O)c3cc(OC)c(OC)cc3C2=O)cc1OC. The van der Waals surface area contributed by atoms with Gasteiger partial charge in [-0.2, -0.15) is 0 Å². The summed E-state index contributed by atoms with van der Waals surface area (Å²) in [6.45, 7) is 0. The zero-order chi connectivity index (χ0) is 26.7. The van der Waals surface area contributed by atoms with Crippen molar-refractivity contribution in [1.82, 2.24) is 0 Å². The highest BCUT2D eigenvalue weighted by atomic mass is 16.5. The van der Waals surface area contributed by atoms with E-state index in [9.17, 15) is 9.59 Å². The maximum atomic E-state index is 14.1. The molecule has 0 aromatic heterocycles. The molecular formula is C29H30O8. The van der Waals surface area contributed by atoms with Crippen LogP contribution in [-0.4, -0.2) is 54.2 Å². The van der Waals surface area contributed by atoms with Crippen LogP contribution in [0.2, 0.25) is 0 Å². The topological polar surface area (TPSA) is 89.5 Å². The lowest BCUT2D eigenvalue weighted by Gasteiger charge is -2.27. The van der Waals surface area contributed by atoms with Crippen molar-refractivity contribution in [2.75, 3.05) is 42.7 Å². The molecule has 0 saturated carbocycles. The van der Waals surface area contributed by atoms with Crippen LogP contribution in [0, 0.1) is 5.41 Å². The van der Waals surface area contributed by atoms with Crippen LogP contribution < -0.4 is 28.4 Å². The first-order valence-corrected chi connectivity index (χ1v) is 11.6. The van der Waals surface area contributed by atoms with Crippen LogP contribution in [0.4, 0.5) is 0 Å². The highest BCUT2D eigenvalue weighted by Crippen LogP contribution is 2.46. The van der Waals surface area contributed by atoms with Crippen molar-refractivity contribution in [2.24, 2.45) is 5.41 Å². The zero-order valence-corrected chi connectivity index (χ0v) is 21.8. The molecule has 3 aromatic rings. The molecule has 37 heavy (non-hydrogen) atoms. The van der Waals surface area contributed by atoms with Gasteiger partial charge in [-0.05, 0) is 60.4 Å². The smallest absolute Gasteiger partial charge is 0.178 e. The van der Waals surface area contributed by atoms with Gasteiger partial charge in [-0.3, -0.25) is 9.59 Å². The largest absolute Gasteiger partial charge is 0.493 e. The standard InChI is InChI=1S/C29H30O8/c1-32-21-9-7-17(11-23(21)34-3)15-29(16-18-8-10-22(33-2)24(12-18)35-4)27(30)19-13-25(36-5)26(37-6)14-20(19)28(29)31/h7-14H,15-16H2,1-6H3. The predicted molar refractivity (Wildman–Crippen MR) is 137 cm³/mol. The molecule has 0 radical (unpaired) electrons. The van der Waals surface area contributed by atoms with Crippen molar-refractivity contribution in [3.63, 3.8) is 0 Å². The van der Waals surface area contributed by atoms with Crippen molar-refractivity contribution in [1.29, 1.82) is 0 Å². The van der Waals surface area contributed by atoms with Gasteiger partial charge in [0.05, 0.1) is 42.7 Å². The van der Waals surface area contributed by atoms with Crippen molar-refractivity contribution in [3.05, 3.63) is 70.8 Å². The molecule has 0 N–H and O–H groups in total. The maximum Gasteiger partial charge on any atom is 0.178 e. The highest BCUT2D eigenvalue weighted by Gasteiger charge is 2.53. The molecule has 8 nitrogen and oxygen atoms in total. The summed E-state index contributed by atoms with van der Waals surface area (Å²) in [5.74, 6) is 2.35. The predicted octanol–water partition coefficient (Wildman–Crippen LogP) is 4.59. The molecule has 0 atom stereocenters. The molecule has 194 valence electrons. The lowest BCUT2D eigenvalue weighted by atomic mass is 9.72. The van der Waals surface area contributed by atoms with Gasteiger partial charge >= 0.3 is 0 Å². The minimum absolute atomic E-state index is 0.151. The summed E-state index contributed by atoms with van der Waals surface area (Å²) in [6, 6.07) is 14.0. The third-order valence-corrected chi connectivity index (χ3v) is 6.79. The first kappa shape index (κ1) is 25.9. The third kappa shape index (κ3) is 4.43. The van der Waals surface area contributed by atoms with Crippen LogP contribution in [0.5, 0.6) is 34.5 Å². The summed E-state index contributed by atoms with van der Waals surface area (Å²) in [5, 5.41) is 0. The van der Waals surface area contributed by atoms with E-state index < -0.39 is 5.41 Å². The van der Waals surface area contributed by atoms with E-state index in [4.69, 9.17) is 28.4 Å². The number of rotatable bonds is 10. The number of carbonyl (C=O) groups excluding carboxylic acids is 2. The van der Waals surface area contributed by atoms with E-state index in [0.717, 1.165) is 11.1 Å². The summed E-state index contributed by atoms with van der Waals surface area (Å²) in [6.07, 6.45) is 0.303. The number of hydrogen-bond acceptors (Lipinski definition) is 8. The number of ether oxygens (including phenoxy) is 6. The van der Waals surface area contributed by atoms with E-state index in [1.807, 2.05) is 12.1 Å². The number of methoxy groups -OCH3 is 6. The Morgan fingerprint density at radius 1 is 0.486 bits per heavy atom. The fourth-order valence-corrected chi connectivity index (χ4v) is 4.94. The van der Waals surface area contributed by atoms with E-state index in [1.54, 1.807) is 64.8 Å². The Balaban J connectivity index is 1.86. The minimum atomic E-state index is -1.40. The van der Waals surface area contributed by atoms with Crippen LogP contribution in [0.25, 0.3) is 0 Å². The Bertz CT molecular complexity index is 1240. The first-order valence-electron chi connectivity index (χ1n) is 11.6. The van der Waals surface area contributed by atoms with Gasteiger partial charge in [-0.15, -0.1) is 0 Å². The molecule has 0 aliphatic heterocycles. The molecule has 0 saturated heterocycles. The molecule has 0 fully saturated rings. The normalized spacial score (nSPS) is 13.7. The van der Waals surface area contributed by atoms with Gasteiger partial charge in [0.1, 0.15) is 5.41 Å². The highest BCUT2D eigenvalue weighted by molar-refractivity contribution is 6.30. The molecule has 0 amide bonds. The monoisotopic (exact) mass is 506 g/mol. The van der Waals surface area contributed by atoms with Crippen molar-refractivity contribution < 1.29 is 38.0 Å². The zero-order valence-electron chi connectivity index (χ0n) is 21.8. The molecule has 4 rings (SSSR count). The molecule has 0 heterocycles. The van der Waals surface area contributed by atoms with Gasteiger partial charge in [0.15, 0.2) is 46.1 Å². The van der Waals surface area contributed by atoms with E-state index in [1.165, 1.54) is 14.2 Å². The van der Waals surface area contributed by atoms with Gasteiger partial charge in [0, 0.05) is 11.1 Å². The second kappa shape index (κ2) is 10.4. The molecule has 3 aromatic carbocycles. The summed E-state index contributed by atoms with van der Waals surface area (Å²) in [7, 11) is 9.18. The average Bonchev–Trinajstić information content (AvgIpc) is 3.12. The van der Waals surface area contributed by atoms with Gasteiger partial charge in [-0.1, -0.05) is 12.1 Å². The summed E-state index contributed by atoms with van der Waals surface area (Å²) in [4.78, 5) is 28.3. The fraction of sp³-hybridized carbons (Fsp3) is 0.310. The lowest BCUT2D eigenvalue weighted by Crippen LogP contribution is -2.38. The van der Waals surface area contributed by atoms with Gasteiger partial charge in [0.2, 0.25) is 0 Å². The van der Waals surface area contributed by atoms with E-state index in [2.05, 4.69) is 0 Å². The van der Waals surface area contributed by atoms with Crippen LogP contribution in [0.15, 0.2) is 48.5 Å². The molecular weight excluding hydrogens is 476 g/mol. The van der Waals surface area contributed by atoms with Crippen molar-refractivity contribution in [2.45, 2.75) is 12.8 Å². The van der Waals surface area contributed by atoms with Crippen LogP contribution in [-0.2, 0) is 12.8 Å². The minimum Gasteiger partial charge on any atom is -0.493 e. The fourth-order valence-electron chi connectivity index (χ4n) is 4.94. The molecule has 0 unspecified atom stereocenters. The number of carbonyl (C=O) groups is 2. The second-order valence-corrected chi connectivity index (χ2v) is 8.73. The molecule has 1 aliphatic rings. The second-order valence-electron chi connectivity index (χ2n) is 8.73. The lowest BCUT2D eigenvalue weighted by molar-refractivity contribution is 0.0694. The van der Waals surface area contributed by atoms with Gasteiger partial charge in [-0.25, -0.2) is 0 Å². The van der Waals surface area contributed by atoms with Crippen LogP contribution >= 0.6 is 0 Å². The van der Waals surface area contributed by atoms with Crippen molar-refractivity contribution in [3.8, 4) is 34.5 Å². The van der Waals surface area contributed by atoms with E-state index in [0.29, 0.717) is 45.6 Å². The molecule has 0 spiro atoms. The number of hydrogen-bond donors (Lipinski definition) is 0. The van der Waals surface area contributed by atoms with E-state index in [-0.39, 0.29) is 24.4 Å². The van der Waals surface area contributed by atoms with Gasteiger partial charge in [0.25, 0.3) is 0 Å². The average molecular weight is 507 g/mol. The Morgan fingerprint density at radius 3 is 1.14 bits per heavy atom. The van der Waals surface area contributed by atoms with Gasteiger partial charge < -0.3 is 28.4 Å². The van der Waals surface area contributed by atoms with E-state index >= 15 is 0 Å². The van der Waals surface area contributed by atoms with Crippen LogP contribution in [0.1, 0.15) is 31.8 Å². The first-order chi connectivity index (χ1) is 17.8. The Hall–Kier alpha value is -4.20. The number of benzene rings is 3. The Kier molecular flexibility index (Phi) is 7.29. The Morgan fingerprint density at radius 2 is 0.811 bits per heavy atom. The Labute approximate surface area is 216 Å². The number of fused-ring (bicyclic) bond motifs is 1. The maximum absolute atomic E-state index is 14.1. The third-order valence-electron chi connectivity index (χ3n) is 6.79. The summed E-state index contributed by atoms with van der Waals surface area (Å²) >= 11 is 0. The van der Waals surface area contributed by atoms with Crippen molar-refractivity contribution >= 4 is 11.6 Å². The number of Topliss-reactive ketones (excluding diaryl/α,β-unsaturated/α-hetero) is 2.